The standard InChI is InChI=1S/C15H13FO2/c1-11-4-2-3-5-14(11)18-15(17)10-12-6-8-13(16)9-7-12/h2-9H,10H2,1H3. The Balaban J connectivity index is 2.01. The van der Waals surface area contributed by atoms with Crippen LogP contribution in [-0.2, 0) is 11.2 Å². The SMILES string of the molecule is Cc1ccccc1OC(=O)Cc1ccc(F)cc1. The van der Waals surface area contributed by atoms with Crippen LogP contribution in [0, 0.1) is 12.7 Å². The third-order valence-corrected chi connectivity index (χ3v) is 2.58. The normalized spacial score (nSPS) is 10.1. The minimum absolute atomic E-state index is 0.134. The lowest BCUT2D eigenvalue weighted by molar-refractivity contribution is -0.133. The van der Waals surface area contributed by atoms with E-state index in [0.717, 1.165) is 11.1 Å². The van der Waals surface area contributed by atoms with Gasteiger partial charge in [-0.25, -0.2) is 4.39 Å². The molecule has 0 saturated carbocycles. The number of halogens is 1. The summed E-state index contributed by atoms with van der Waals surface area (Å²) in [5.41, 5.74) is 1.64. The third kappa shape index (κ3) is 3.17. The fraction of sp³-hybridized carbons (Fsp3) is 0.133. The van der Waals surface area contributed by atoms with Gasteiger partial charge in [-0.15, -0.1) is 0 Å². The molecule has 0 amide bonds. The highest BCUT2D eigenvalue weighted by molar-refractivity contribution is 5.75. The average molecular weight is 244 g/mol. The Morgan fingerprint density at radius 1 is 1.11 bits per heavy atom. The van der Waals surface area contributed by atoms with E-state index in [1.807, 2.05) is 25.1 Å². The molecule has 0 aromatic heterocycles. The summed E-state index contributed by atoms with van der Waals surface area (Å²) < 4.78 is 18.0. The first-order chi connectivity index (χ1) is 8.65. The van der Waals surface area contributed by atoms with Crippen molar-refractivity contribution in [1.82, 2.24) is 0 Å². The summed E-state index contributed by atoms with van der Waals surface area (Å²) >= 11 is 0. The zero-order chi connectivity index (χ0) is 13.0. The van der Waals surface area contributed by atoms with Crippen molar-refractivity contribution in [3.8, 4) is 5.75 Å². The molecule has 0 unspecified atom stereocenters. The quantitative estimate of drug-likeness (QED) is 0.611. The van der Waals surface area contributed by atoms with E-state index in [4.69, 9.17) is 4.74 Å². The molecule has 18 heavy (non-hydrogen) atoms. The Morgan fingerprint density at radius 2 is 1.78 bits per heavy atom. The largest absolute Gasteiger partial charge is 0.426 e. The van der Waals surface area contributed by atoms with Crippen LogP contribution < -0.4 is 4.74 Å². The van der Waals surface area contributed by atoms with Crippen LogP contribution in [-0.4, -0.2) is 5.97 Å². The van der Waals surface area contributed by atoms with Crippen LogP contribution in [0.4, 0.5) is 4.39 Å². The second-order valence-corrected chi connectivity index (χ2v) is 4.04. The molecule has 92 valence electrons. The van der Waals surface area contributed by atoms with Crippen LogP contribution in [0.5, 0.6) is 5.75 Å². The zero-order valence-corrected chi connectivity index (χ0v) is 10.0. The van der Waals surface area contributed by atoms with Crippen LogP contribution in [0.3, 0.4) is 0 Å². The Hall–Kier alpha value is -2.16. The second-order valence-electron chi connectivity index (χ2n) is 4.04. The van der Waals surface area contributed by atoms with Gasteiger partial charge in [0.05, 0.1) is 6.42 Å². The third-order valence-electron chi connectivity index (χ3n) is 2.58. The highest BCUT2D eigenvalue weighted by Gasteiger charge is 2.08. The summed E-state index contributed by atoms with van der Waals surface area (Å²) in [6, 6.07) is 13.1. The Bertz CT molecular complexity index is 547. The average Bonchev–Trinajstić information content (AvgIpc) is 2.35. The lowest BCUT2D eigenvalue weighted by atomic mass is 10.1. The molecule has 0 aliphatic carbocycles. The molecule has 0 radical (unpaired) electrons. The van der Waals surface area contributed by atoms with E-state index < -0.39 is 0 Å². The van der Waals surface area contributed by atoms with Crippen LogP contribution in [0.15, 0.2) is 48.5 Å². The maximum Gasteiger partial charge on any atom is 0.315 e. The maximum atomic E-state index is 12.7. The van der Waals surface area contributed by atoms with Gasteiger partial charge in [-0.2, -0.15) is 0 Å². The smallest absolute Gasteiger partial charge is 0.315 e. The van der Waals surface area contributed by atoms with Crippen LogP contribution >= 0.6 is 0 Å². The molecule has 0 aliphatic rings. The van der Waals surface area contributed by atoms with Gasteiger partial charge in [0.15, 0.2) is 0 Å². The molecule has 0 aliphatic heterocycles. The van der Waals surface area contributed by atoms with Crippen molar-refractivity contribution in [1.29, 1.82) is 0 Å². The molecule has 0 spiro atoms. The summed E-state index contributed by atoms with van der Waals surface area (Å²) in [5, 5.41) is 0. The predicted molar refractivity (Wildman–Crippen MR) is 66.9 cm³/mol. The molecule has 2 aromatic rings. The van der Waals surface area contributed by atoms with E-state index in [2.05, 4.69) is 0 Å². The van der Waals surface area contributed by atoms with Gasteiger partial charge in [-0.05, 0) is 36.2 Å². The number of ether oxygens (including phenoxy) is 1. The van der Waals surface area contributed by atoms with Crippen LogP contribution in [0.2, 0.25) is 0 Å². The monoisotopic (exact) mass is 244 g/mol. The van der Waals surface area contributed by atoms with Gasteiger partial charge >= 0.3 is 5.97 Å². The molecule has 0 bridgehead atoms. The number of carbonyl (C=O) groups excluding carboxylic acids is 1. The Labute approximate surface area is 105 Å². The molecule has 2 rings (SSSR count). The topological polar surface area (TPSA) is 26.3 Å². The molecule has 0 heterocycles. The maximum absolute atomic E-state index is 12.7. The summed E-state index contributed by atoms with van der Waals surface area (Å²) in [7, 11) is 0. The first-order valence-electron chi connectivity index (χ1n) is 5.66. The Morgan fingerprint density at radius 3 is 2.44 bits per heavy atom. The zero-order valence-electron chi connectivity index (χ0n) is 10.0. The van der Waals surface area contributed by atoms with Crippen molar-refractivity contribution in [2.24, 2.45) is 0 Å². The highest BCUT2D eigenvalue weighted by Crippen LogP contribution is 2.17. The van der Waals surface area contributed by atoms with Gasteiger partial charge in [0, 0.05) is 0 Å². The number of esters is 1. The fourth-order valence-electron chi connectivity index (χ4n) is 1.60. The summed E-state index contributed by atoms with van der Waals surface area (Å²) in [6.45, 7) is 1.88. The van der Waals surface area contributed by atoms with Crippen molar-refractivity contribution in [2.75, 3.05) is 0 Å². The van der Waals surface area contributed by atoms with Crippen LogP contribution in [0.1, 0.15) is 11.1 Å². The van der Waals surface area contributed by atoms with E-state index >= 15 is 0 Å². The van der Waals surface area contributed by atoms with Crippen LogP contribution in [0.25, 0.3) is 0 Å². The number of hydrogen-bond acceptors (Lipinski definition) is 2. The molecule has 0 atom stereocenters. The van der Waals surface area contributed by atoms with E-state index in [-0.39, 0.29) is 18.2 Å². The Kier molecular flexibility index (Phi) is 3.72. The summed E-state index contributed by atoms with van der Waals surface area (Å²) in [6.07, 6.45) is 0.134. The van der Waals surface area contributed by atoms with E-state index in [9.17, 15) is 9.18 Å². The van der Waals surface area contributed by atoms with Crippen molar-refractivity contribution >= 4 is 5.97 Å². The minimum atomic E-state index is -0.351. The minimum Gasteiger partial charge on any atom is -0.426 e. The highest BCUT2D eigenvalue weighted by atomic mass is 19.1. The molecule has 3 heteroatoms. The molecule has 0 saturated heterocycles. The summed E-state index contributed by atoms with van der Waals surface area (Å²) in [4.78, 5) is 11.7. The molecular formula is C15H13FO2. The first-order valence-corrected chi connectivity index (χ1v) is 5.66. The van der Waals surface area contributed by atoms with Crippen molar-refractivity contribution in [3.63, 3.8) is 0 Å². The number of benzene rings is 2. The van der Waals surface area contributed by atoms with E-state index in [1.165, 1.54) is 12.1 Å². The van der Waals surface area contributed by atoms with Crippen molar-refractivity contribution in [2.45, 2.75) is 13.3 Å². The molecule has 2 nitrogen and oxygen atoms in total. The number of rotatable bonds is 3. The van der Waals surface area contributed by atoms with E-state index in [1.54, 1.807) is 18.2 Å². The first kappa shape index (κ1) is 12.3. The van der Waals surface area contributed by atoms with Gasteiger partial charge in [-0.1, -0.05) is 30.3 Å². The number of carbonyl (C=O) groups is 1. The van der Waals surface area contributed by atoms with Gasteiger partial charge in [-0.3, -0.25) is 4.79 Å². The van der Waals surface area contributed by atoms with Crippen molar-refractivity contribution in [3.05, 3.63) is 65.5 Å². The van der Waals surface area contributed by atoms with Gasteiger partial charge < -0.3 is 4.74 Å². The lowest BCUT2D eigenvalue weighted by Crippen LogP contribution is -2.11. The molecular weight excluding hydrogens is 231 g/mol. The fourth-order valence-corrected chi connectivity index (χ4v) is 1.60. The molecule has 2 aromatic carbocycles. The van der Waals surface area contributed by atoms with Gasteiger partial charge in [0.1, 0.15) is 11.6 Å². The number of para-hydroxylation sites is 1. The number of aryl methyl sites for hydroxylation is 1. The molecule has 0 N–H and O–H groups in total. The van der Waals surface area contributed by atoms with E-state index in [0.29, 0.717) is 5.75 Å². The predicted octanol–water partition coefficient (Wildman–Crippen LogP) is 3.28. The van der Waals surface area contributed by atoms with Crippen molar-refractivity contribution < 1.29 is 13.9 Å². The summed E-state index contributed by atoms with van der Waals surface area (Å²) in [5.74, 6) is -0.105. The molecule has 0 fully saturated rings. The van der Waals surface area contributed by atoms with Gasteiger partial charge in [0.2, 0.25) is 0 Å². The number of hydrogen-bond donors (Lipinski definition) is 0. The second kappa shape index (κ2) is 5.45. The van der Waals surface area contributed by atoms with Gasteiger partial charge in [0.25, 0.3) is 0 Å². The lowest BCUT2D eigenvalue weighted by Gasteiger charge is -2.06.